The number of benzene rings is 2. The van der Waals surface area contributed by atoms with Crippen molar-refractivity contribution >= 4 is 51.3 Å². The highest BCUT2D eigenvalue weighted by Gasteiger charge is 2.42. The van der Waals surface area contributed by atoms with Gasteiger partial charge >= 0.3 is 0 Å². The largest absolute Gasteiger partial charge is 0.443 e. The van der Waals surface area contributed by atoms with E-state index in [9.17, 15) is 0 Å². The van der Waals surface area contributed by atoms with Crippen molar-refractivity contribution in [1.29, 1.82) is 0 Å². The first-order valence-corrected chi connectivity index (χ1v) is 13.6. The van der Waals surface area contributed by atoms with Crippen LogP contribution in [0, 0.1) is 0 Å². The Kier molecular flexibility index (Phi) is 3.69. The van der Waals surface area contributed by atoms with Crippen LogP contribution in [0.2, 0.25) is 13.1 Å². The average molecular weight is 359 g/mol. The zero-order valence-electron chi connectivity index (χ0n) is 14.8. The smallest absolute Gasteiger partial charge is 0.270 e. The molecule has 0 bridgehead atoms. The lowest BCUT2D eigenvalue weighted by Gasteiger charge is -2.37. The van der Waals surface area contributed by atoms with Gasteiger partial charge in [0.15, 0.2) is 8.32 Å². The zero-order valence-corrected chi connectivity index (χ0v) is 16.8. The minimum atomic E-state index is -2.53. The fourth-order valence-electron chi connectivity index (χ4n) is 3.39. The van der Waals surface area contributed by atoms with Crippen LogP contribution in [0.3, 0.4) is 0 Å². The molecule has 3 heteroatoms. The van der Waals surface area contributed by atoms with Gasteiger partial charge in [0, 0.05) is 0 Å². The number of hydrogen-bond acceptors (Lipinski definition) is 1. The summed E-state index contributed by atoms with van der Waals surface area (Å²) in [6, 6.07) is 13.4. The first-order valence-electron chi connectivity index (χ1n) is 8.60. The minimum absolute atomic E-state index is 1.26. The molecule has 2 aliphatic rings. The molecule has 0 heterocycles. The van der Waals surface area contributed by atoms with E-state index in [0.717, 1.165) is 0 Å². The highest BCUT2D eigenvalue weighted by molar-refractivity contribution is 7.06. The molecule has 0 spiro atoms. The summed E-state index contributed by atoms with van der Waals surface area (Å²) in [5.74, 6) is 0. The highest BCUT2D eigenvalue weighted by Crippen LogP contribution is 2.27. The predicted molar refractivity (Wildman–Crippen MR) is 115 cm³/mol. The van der Waals surface area contributed by atoms with Gasteiger partial charge in [-0.1, -0.05) is 72.1 Å². The summed E-state index contributed by atoms with van der Waals surface area (Å²) in [5.41, 5.74) is 9.29. The maximum absolute atomic E-state index is 6.93. The Morgan fingerprint density at radius 2 is 1.20 bits per heavy atom. The average Bonchev–Trinajstić information content (AvgIpc) is 2.55. The molecular weight excluding hydrogens is 336 g/mol. The van der Waals surface area contributed by atoms with Gasteiger partial charge in [-0.05, 0) is 45.7 Å². The van der Waals surface area contributed by atoms with Crippen LogP contribution in [-0.4, -0.2) is 16.6 Å². The van der Waals surface area contributed by atoms with Crippen molar-refractivity contribution in [3.8, 4) is 0 Å². The molecule has 0 radical (unpaired) electrons. The van der Waals surface area contributed by atoms with Crippen molar-refractivity contribution < 1.29 is 4.12 Å². The third-order valence-electron chi connectivity index (χ3n) is 5.12. The standard InChI is InChI=1S/C22H22OSi2/c1-5-24(3,4)23-25(6-2,21-13-11-17-7-9-19(17)15-21)22-14-12-18-8-10-20(18)16-22/h5-16H,1-2H2,3-4H3. The lowest BCUT2D eigenvalue weighted by atomic mass is 9.98. The van der Waals surface area contributed by atoms with Crippen molar-refractivity contribution in [2.75, 3.05) is 0 Å². The van der Waals surface area contributed by atoms with Crippen molar-refractivity contribution in [2.45, 2.75) is 13.1 Å². The Morgan fingerprint density at radius 3 is 1.52 bits per heavy atom. The van der Waals surface area contributed by atoms with E-state index >= 15 is 0 Å². The Hall–Kier alpha value is -2.21. The van der Waals surface area contributed by atoms with Crippen LogP contribution in [0.5, 0.6) is 0 Å². The Balaban J connectivity index is 1.89. The summed E-state index contributed by atoms with van der Waals surface area (Å²) in [6.45, 7) is 12.7. The number of fused-ring (bicyclic) bond motifs is 2. The maximum Gasteiger partial charge on any atom is 0.270 e. The fraction of sp³-hybridized carbons (Fsp3) is 0.0909. The van der Waals surface area contributed by atoms with Gasteiger partial charge in [0.05, 0.1) is 0 Å². The van der Waals surface area contributed by atoms with Crippen LogP contribution in [-0.2, 0) is 4.12 Å². The SMILES string of the molecule is C=C[Si](C)(C)O[Si](C=C)(c1ccc2c(c1)C=C2)c1ccc2c(c1)C=C2. The molecule has 0 fully saturated rings. The first-order chi connectivity index (χ1) is 12.0. The molecule has 124 valence electrons. The number of rotatable bonds is 6. The number of hydrogen-bond donors (Lipinski definition) is 0. The topological polar surface area (TPSA) is 9.23 Å². The van der Waals surface area contributed by atoms with E-state index in [-0.39, 0.29) is 0 Å². The summed E-state index contributed by atoms with van der Waals surface area (Å²) >= 11 is 0. The molecule has 25 heavy (non-hydrogen) atoms. The van der Waals surface area contributed by atoms with Crippen molar-refractivity contribution in [3.05, 3.63) is 83.2 Å². The van der Waals surface area contributed by atoms with Crippen molar-refractivity contribution in [1.82, 2.24) is 0 Å². The summed E-state index contributed by atoms with van der Waals surface area (Å²) in [7, 11) is -4.54. The normalized spacial score (nSPS) is 14.2. The quantitative estimate of drug-likeness (QED) is 0.465. The molecule has 0 N–H and O–H groups in total. The molecular formula is C22H22OSi2. The minimum Gasteiger partial charge on any atom is -0.443 e. The Labute approximate surface area is 151 Å². The lowest BCUT2D eigenvalue weighted by Crippen LogP contribution is -2.64. The van der Waals surface area contributed by atoms with Gasteiger partial charge in [0.2, 0.25) is 0 Å². The molecule has 0 unspecified atom stereocenters. The molecule has 0 saturated heterocycles. The van der Waals surface area contributed by atoms with Crippen molar-refractivity contribution in [3.63, 3.8) is 0 Å². The van der Waals surface area contributed by atoms with E-state index in [1.165, 1.54) is 32.6 Å². The first kappa shape index (κ1) is 16.3. The highest BCUT2D eigenvalue weighted by atomic mass is 28.4. The lowest BCUT2D eigenvalue weighted by molar-refractivity contribution is 0.584. The van der Waals surface area contributed by atoms with E-state index in [0.29, 0.717) is 0 Å². The van der Waals surface area contributed by atoms with E-state index < -0.39 is 16.6 Å². The monoisotopic (exact) mass is 358 g/mol. The third kappa shape index (κ3) is 2.56. The van der Waals surface area contributed by atoms with Gasteiger partial charge in [0.25, 0.3) is 8.32 Å². The van der Waals surface area contributed by atoms with Crippen LogP contribution >= 0.6 is 0 Å². The van der Waals surface area contributed by atoms with Crippen molar-refractivity contribution in [2.24, 2.45) is 0 Å². The molecule has 0 aliphatic heterocycles. The second kappa shape index (κ2) is 5.66. The van der Waals surface area contributed by atoms with Crippen LogP contribution < -0.4 is 10.4 Å². The van der Waals surface area contributed by atoms with Crippen LogP contribution in [0.1, 0.15) is 22.3 Å². The van der Waals surface area contributed by atoms with Gasteiger partial charge < -0.3 is 4.12 Å². The third-order valence-corrected chi connectivity index (χ3v) is 12.4. The molecule has 2 aromatic rings. The molecule has 2 aromatic carbocycles. The van der Waals surface area contributed by atoms with Crippen LogP contribution in [0.15, 0.2) is 61.0 Å². The molecule has 2 aliphatic carbocycles. The Bertz CT molecular complexity index is 889. The van der Waals surface area contributed by atoms with Crippen LogP contribution in [0.25, 0.3) is 24.3 Å². The summed E-state index contributed by atoms with van der Waals surface area (Å²) < 4.78 is 6.93. The molecule has 0 atom stereocenters. The summed E-state index contributed by atoms with van der Waals surface area (Å²) in [4.78, 5) is 0. The summed E-state index contributed by atoms with van der Waals surface area (Å²) in [6.07, 6.45) is 8.63. The van der Waals surface area contributed by atoms with Gasteiger partial charge in [0.1, 0.15) is 0 Å². The molecule has 0 amide bonds. The van der Waals surface area contributed by atoms with Gasteiger partial charge in [-0.2, -0.15) is 0 Å². The molecule has 4 rings (SSSR count). The van der Waals surface area contributed by atoms with Gasteiger partial charge in [-0.3, -0.25) is 0 Å². The van der Waals surface area contributed by atoms with E-state index in [2.05, 4.69) is 92.7 Å². The van der Waals surface area contributed by atoms with E-state index in [1.807, 2.05) is 5.70 Å². The van der Waals surface area contributed by atoms with Gasteiger partial charge in [-0.25, -0.2) is 0 Å². The second-order valence-corrected chi connectivity index (χ2v) is 14.7. The Morgan fingerprint density at radius 1 is 0.720 bits per heavy atom. The van der Waals surface area contributed by atoms with Gasteiger partial charge in [-0.15, -0.1) is 13.2 Å². The van der Waals surface area contributed by atoms with E-state index in [1.54, 1.807) is 0 Å². The molecule has 0 saturated carbocycles. The molecule has 1 nitrogen and oxygen atoms in total. The fourth-order valence-corrected chi connectivity index (χ4v) is 10.5. The molecule has 0 aromatic heterocycles. The zero-order chi connectivity index (χ0) is 17.7. The van der Waals surface area contributed by atoms with E-state index in [4.69, 9.17) is 4.12 Å². The maximum atomic E-state index is 6.93. The summed E-state index contributed by atoms with van der Waals surface area (Å²) in [5, 5.41) is 2.52. The van der Waals surface area contributed by atoms with Crippen LogP contribution in [0.4, 0.5) is 0 Å². The predicted octanol–water partition coefficient (Wildman–Crippen LogP) is 4.39. The second-order valence-electron chi connectivity index (χ2n) is 7.20.